The standard InChI is InChI=1S/C30H28Cl3N5O5/c1-42-28-24(13-18(15-34-28)29(39)40)37-11-9-30(41,10-12-37)20-8-7-19(14-23(20)33)43-16-25-26(17-5-6-17)35-36-38(25)27-21(31)3-2-4-22(27)32/h2-4,7-8,13-15,17,41H,5-6,9-12,16H2,1H3,(H,39,40). The van der Waals surface area contributed by atoms with E-state index >= 15 is 0 Å². The van der Waals surface area contributed by atoms with Crippen molar-refractivity contribution >= 4 is 46.5 Å². The molecule has 10 nitrogen and oxygen atoms in total. The van der Waals surface area contributed by atoms with E-state index in [4.69, 9.17) is 44.3 Å². The molecule has 1 aliphatic heterocycles. The van der Waals surface area contributed by atoms with Crippen molar-refractivity contribution < 1.29 is 24.5 Å². The zero-order chi connectivity index (χ0) is 30.3. The van der Waals surface area contributed by atoms with Gasteiger partial charge in [-0.2, -0.15) is 0 Å². The number of para-hydroxylation sites is 1. The quantitative estimate of drug-likeness (QED) is 0.217. The number of carbonyl (C=O) groups is 1. The number of aliphatic hydroxyl groups is 1. The van der Waals surface area contributed by atoms with Crippen LogP contribution in [0.5, 0.6) is 11.6 Å². The molecule has 2 N–H and O–H groups in total. The molecular weight excluding hydrogens is 617 g/mol. The van der Waals surface area contributed by atoms with Crippen LogP contribution in [0.3, 0.4) is 0 Å². The van der Waals surface area contributed by atoms with Crippen LogP contribution in [0.4, 0.5) is 5.69 Å². The first-order valence-electron chi connectivity index (χ1n) is 13.7. The maximum absolute atomic E-state index is 11.6. The third-order valence-corrected chi connectivity index (χ3v) is 8.85. The summed E-state index contributed by atoms with van der Waals surface area (Å²) in [5.41, 5.74) is 2.22. The van der Waals surface area contributed by atoms with E-state index in [1.807, 2.05) is 4.90 Å². The minimum absolute atomic E-state index is 0.0633. The number of hydrogen-bond donors (Lipinski definition) is 2. The molecule has 6 rings (SSSR count). The van der Waals surface area contributed by atoms with Gasteiger partial charge in [-0.15, -0.1) is 5.10 Å². The summed E-state index contributed by atoms with van der Waals surface area (Å²) < 4.78 is 13.2. The van der Waals surface area contributed by atoms with Crippen LogP contribution in [0, 0.1) is 0 Å². The Morgan fingerprint density at radius 2 is 1.79 bits per heavy atom. The van der Waals surface area contributed by atoms with Crippen molar-refractivity contribution in [1.82, 2.24) is 20.0 Å². The number of methoxy groups -OCH3 is 1. The predicted molar refractivity (Wildman–Crippen MR) is 162 cm³/mol. The molecule has 0 bridgehead atoms. The third kappa shape index (κ3) is 5.84. The van der Waals surface area contributed by atoms with Crippen molar-refractivity contribution in [3.8, 4) is 17.3 Å². The summed E-state index contributed by atoms with van der Waals surface area (Å²) >= 11 is 19.7. The van der Waals surface area contributed by atoms with E-state index in [2.05, 4.69) is 15.3 Å². The van der Waals surface area contributed by atoms with Gasteiger partial charge in [-0.05, 0) is 56.0 Å². The lowest BCUT2D eigenvalue weighted by Gasteiger charge is -2.40. The number of ether oxygens (including phenoxy) is 2. The van der Waals surface area contributed by atoms with Crippen molar-refractivity contribution in [3.63, 3.8) is 0 Å². The van der Waals surface area contributed by atoms with Crippen LogP contribution in [0.1, 0.15) is 58.9 Å². The number of rotatable bonds is 9. The highest BCUT2D eigenvalue weighted by Crippen LogP contribution is 2.43. The number of piperidine rings is 1. The van der Waals surface area contributed by atoms with E-state index in [1.165, 1.54) is 19.4 Å². The van der Waals surface area contributed by atoms with Crippen LogP contribution < -0.4 is 14.4 Å². The average Bonchev–Trinajstić information content (AvgIpc) is 3.76. The van der Waals surface area contributed by atoms with E-state index in [9.17, 15) is 15.0 Å². The summed E-state index contributed by atoms with van der Waals surface area (Å²) in [4.78, 5) is 17.6. The minimum Gasteiger partial charge on any atom is -0.487 e. The van der Waals surface area contributed by atoms with Gasteiger partial charge in [-0.3, -0.25) is 0 Å². The minimum atomic E-state index is -1.18. The average molecular weight is 645 g/mol. The molecule has 3 heterocycles. The zero-order valence-electron chi connectivity index (χ0n) is 23.1. The molecular formula is C30H28Cl3N5O5. The number of anilines is 1. The van der Waals surface area contributed by atoms with Gasteiger partial charge in [0.1, 0.15) is 29.4 Å². The molecule has 0 amide bonds. The van der Waals surface area contributed by atoms with E-state index in [-0.39, 0.29) is 12.2 Å². The maximum atomic E-state index is 11.6. The number of aromatic nitrogens is 4. The van der Waals surface area contributed by atoms with Crippen LogP contribution >= 0.6 is 34.8 Å². The van der Waals surface area contributed by atoms with Gasteiger partial charge in [0.2, 0.25) is 5.88 Å². The molecule has 2 fully saturated rings. The molecule has 0 spiro atoms. The molecule has 2 aliphatic rings. The molecule has 224 valence electrons. The Hall–Kier alpha value is -3.57. The van der Waals surface area contributed by atoms with Crippen molar-refractivity contribution in [1.29, 1.82) is 0 Å². The second kappa shape index (κ2) is 11.8. The van der Waals surface area contributed by atoms with Crippen molar-refractivity contribution in [2.24, 2.45) is 0 Å². The number of carboxylic acids is 1. The van der Waals surface area contributed by atoms with Gasteiger partial charge >= 0.3 is 5.97 Å². The third-order valence-electron chi connectivity index (χ3n) is 7.93. The SMILES string of the molecule is COc1ncc(C(=O)O)cc1N1CCC(O)(c2ccc(OCc3c(C4CC4)nnn3-c3c(Cl)cccc3Cl)cc2Cl)CC1. The molecule has 13 heteroatoms. The first-order valence-corrected chi connectivity index (χ1v) is 14.9. The van der Waals surface area contributed by atoms with Crippen LogP contribution in [-0.2, 0) is 12.2 Å². The predicted octanol–water partition coefficient (Wildman–Crippen LogP) is 6.27. The van der Waals surface area contributed by atoms with E-state index in [0.29, 0.717) is 75.5 Å². The summed E-state index contributed by atoms with van der Waals surface area (Å²) in [6.07, 6.45) is 4.06. The molecule has 2 aromatic heterocycles. The van der Waals surface area contributed by atoms with Gasteiger partial charge in [0, 0.05) is 30.8 Å². The maximum Gasteiger partial charge on any atom is 0.337 e. The fourth-order valence-electron chi connectivity index (χ4n) is 5.44. The van der Waals surface area contributed by atoms with Gasteiger partial charge in [-0.25, -0.2) is 14.5 Å². The normalized spacial score (nSPS) is 16.3. The molecule has 4 aromatic rings. The summed E-state index contributed by atoms with van der Waals surface area (Å²) in [7, 11) is 1.49. The molecule has 1 saturated heterocycles. The molecule has 0 atom stereocenters. The monoisotopic (exact) mass is 643 g/mol. The first-order chi connectivity index (χ1) is 20.7. The largest absolute Gasteiger partial charge is 0.487 e. The topological polar surface area (TPSA) is 123 Å². The van der Waals surface area contributed by atoms with E-state index in [1.54, 1.807) is 41.1 Å². The Bertz CT molecular complexity index is 1660. The van der Waals surface area contributed by atoms with Crippen LogP contribution in [0.15, 0.2) is 48.7 Å². The molecule has 43 heavy (non-hydrogen) atoms. The lowest BCUT2D eigenvalue weighted by Crippen LogP contribution is -2.43. The van der Waals surface area contributed by atoms with Gasteiger partial charge in [0.05, 0.1) is 39.0 Å². The fourth-order valence-corrected chi connectivity index (χ4v) is 6.34. The fraction of sp³-hybridized carbons (Fsp3) is 0.333. The highest BCUT2D eigenvalue weighted by molar-refractivity contribution is 6.37. The number of pyridine rings is 1. The molecule has 2 aromatic carbocycles. The number of hydrogen-bond acceptors (Lipinski definition) is 8. The Kier molecular flexibility index (Phi) is 8.12. The highest BCUT2D eigenvalue weighted by atomic mass is 35.5. The number of aromatic carboxylic acids is 1. The number of carboxylic acid groups (broad SMARTS) is 1. The highest BCUT2D eigenvalue weighted by Gasteiger charge is 2.37. The lowest BCUT2D eigenvalue weighted by molar-refractivity contribution is 0.0117. The van der Waals surface area contributed by atoms with Crippen molar-refractivity contribution in [2.45, 2.75) is 43.8 Å². The number of benzene rings is 2. The van der Waals surface area contributed by atoms with Crippen LogP contribution in [0.2, 0.25) is 15.1 Å². The van der Waals surface area contributed by atoms with Gasteiger partial charge in [0.25, 0.3) is 0 Å². The van der Waals surface area contributed by atoms with Gasteiger partial charge < -0.3 is 24.6 Å². The molecule has 0 radical (unpaired) electrons. The molecule has 0 unspecified atom stereocenters. The Morgan fingerprint density at radius 3 is 2.42 bits per heavy atom. The van der Waals surface area contributed by atoms with E-state index < -0.39 is 11.6 Å². The smallest absolute Gasteiger partial charge is 0.337 e. The summed E-state index contributed by atoms with van der Waals surface area (Å²) in [6.45, 7) is 1.05. The summed E-state index contributed by atoms with van der Waals surface area (Å²) in [6, 6.07) is 12.1. The van der Waals surface area contributed by atoms with Gasteiger partial charge in [-0.1, -0.05) is 52.1 Å². The Balaban J connectivity index is 1.18. The summed E-state index contributed by atoms with van der Waals surface area (Å²) in [5, 5.41) is 31.1. The molecule has 1 saturated carbocycles. The lowest BCUT2D eigenvalue weighted by atomic mass is 9.84. The zero-order valence-corrected chi connectivity index (χ0v) is 25.4. The second-order valence-electron chi connectivity index (χ2n) is 10.7. The van der Waals surface area contributed by atoms with Crippen LogP contribution in [-0.4, -0.2) is 56.4 Å². The van der Waals surface area contributed by atoms with Crippen LogP contribution in [0.25, 0.3) is 5.69 Å². The van der Waals surface area contributed by atoms with Crippen molar-refractivity contribution in [2.75, 3.05) is 25.1 Å². The number of halogens is 3. The van der Waals surface area contributed by atoms with Crippen molar-refractivity contribution in [3.05, 3.63) is 86.2 Å². The molecule has 1 aliphatic carbocycles. The summed E-state index contributed by atoms with van der Waals surface area (Å²) in [5.74, 6) is 0.0993. The Labute approximate surface area is 262 Å². The number of nitrogens with zero attached hydrogens (tertiary/aromatic N) is 5. The van der Waals surface area contributed by atoms with E-state index in [0.717, 1.165) is 24.2 Å². The van der Waals surface area contributed by atoms with Gasteiger partial charge in [0.15, 0.2) is 0 Å². The first kappa shape index (κ1) is 29.5. The second-order valence-corrected chi connectivity index (χ2v) is 11.9. The Morgan fingerprint density at radius 1 is 1.07 bits per heavy atom.